The highest BCUT2D eigenvalue weighted by molar-refractivity contribution is 5.13. The van der Waals surface area contributed by atoms with Crippen LogP contribution in [0.25, 0.3) is 0 Å². The first-order chi connectivity index (χ1) is 5.29. The molecular formula is C10H14N. The van der Waals surface area contributed by atoms with Gasteiger partial charge in [-0.2, -0.15) is 0 Å². The first kappa shape index (κ1) is 8.28. The molecule has 0 bridgehead atoms. The number of benzene rings is 1. The van der Waals surface area contributed by atoms with Crippen LogP contribution in [0.2, 0.25) is 0 Å². The summed E-state index contributed by atoms with van der Waals surface area (Å²) in [6, 6.07) is 11.4. The molecule has 0 saturated carbocycles. The first-order valence-corrected chi connectivity index (χ1v) is 3.99. The van der Waals surface area contributed by atoms with Gasteiger partial charge in [-0.25, -0.2) is 0 Å². The van der Waals surface area contributed by atoms with Crippen molar-refractivity contribution in [2.75, 3.05) is 0 Å². The monoisotopic (exact) mass is 148 g/mol. The first-order valence-electron chi connectivity index (χ1n) is 3.99. The fourth-order valence-corrected chi connectivity index (χ4v) is 0.980. The second-order valence-electron chi connectivity index (χ2n) is 2.93. The van der Waals surface area contributed by atoms with E-state index in [2.05, 4.69) is 12.1 Å². The Morgan fingerprint density at radius 3 is 3.00 bits per heavy atom. The van der Waals surface area contributed by atoms with Crippen LogP contribution in [0.4, 0.5) is 0 Å². The van der Waals surface area contributed by atoms with Crippen molar-refractivity contribution in [2.24, 2.45) is 5.73 Å². The topological polar surface area (TPSA) is 26.0 Å². The Hall–Kier alpha value is -0.820. The van der Waals surface area contributed by atoms with E-state index < -0.39 is 0 Å². The fourth-order valence-electron chi connectivity index (χ4n) is 0.980. The molecule has 1 heteroatoms. The second-order valence-corrected chi connectivity index (χ2v) is 2.93. The average Bonchev–Trinajstić information content (AvgIpc) is 2.03. The van der Waals surface area contributed by atoms with Gasteiger partial charge < -0.3 is 5.73 Å². The minimum Gasteiger partial charge on any atom is -0.328 e. The predicted molar refractivity (Wildman–Crippen MR) is 47.2 cm³/mol. The summed E-state index contributed by atoms with van der Waals surface area (Å²) in [5, 5.41) is 0. The summed E-state index contributed by atoms with van der Waals surface area (Å²) in [5.74, 6) is 0. The van der Waals surface area contributed by atoms with Gasteiger partial charge in [-0.15, -0.1) is 0 Å². The molecule has 59 valence electrons. The largest absolute Gasteiger partial charge is 0.328 e. The number of aryl methyl sites for hydroxylation is 1. The van der Waals surface area contributed by atoms with E-state index in [0.717, 1.165) is 12.8 Å². The van der Waals surface area contributed by atoms with Crippen LogP contribution >= 0.6 is 0 Å². The second kappa shape index (κ2) is 4.14. The summed E-state index contributed by atoms with van der Waals surface area (Å²) in [6.45, 7) is 2.03. The van der Waals surface area contributed by atoms with Gasteiger partial charge in [0.25, 0.3) is 0 Å². The Labute approximate surface area is 68.2 Å². The molecule has 0 aliphatic heterocycles. The van der Waals surface area contributed by atoms with E-state index in [-0.39, 0.29) is 0 Å². The van der Waals surface area contributed by atoms with Crippen LogP contribution in [-0.4, -0.2) is 6.04 Å². The fraction of sp³-hybridized carbons (Fsp3) is 0.400. The van der Waals surface area contributed by atoms with E-state index in [0.29, 0.717) is 6.04 Å². The summed E-state index contributed by atoms with van der Waals surface area (Å²) >= 11 is 0. The van der Waals surface area contributed by atoms with Crippen molar-refractivity contribution in [3.63, 3.8) is 0 Å². The molecule has 0 aromatic heterocycles. The lowest BCUT2D eigenvalue weighted by molar-refractivity contribution is 0.666. The van der Waals surface area contributed by atoms with Gasteiger partial charge in [0.2, 0.25) is 0 Å². The van der Waals surface area contributed by atoms with Crippen LogP contribution in [0.1, 0.15) is 18.9 Å². The Balaban J connectivity index is 2.39. The highest BCUT2D eigenvalue weighted by atomic mass is 14.6. The molecule has 1 aromatic rings. The molecule has 0 aliphatic carbocycles. The molecule has 1 atom stereocenters. The zero-order valence-corrected chi connectivity index (χ0v) is 6.88. The Bertz CT molecular complexity index is 191. The summed E-state index contributed by atoms with van der Waals surface area (Å²) in [5.41, 5.74) is 6.95. The maximum absolute atomic E-state index is 5.63. The van der Waals surface area contributed by atoms with Crippen LogP contribution in [0.15, 0.2) is 24.3 Å². The third-order valence-electron chi connectivity index (χ3n) is 1.66. The molecule has 1 unspecified atom stereocenters. The Morgan fingerprint density at radius 1 is 1.64 bits per heavy atom. The molecule has 1 aromatic carbocycles. The molecule has 0 fully saturated rings. The van der Waals surface area contributed by atoms with Gasteiger partial charge in [0, 0.05) is 6.04 Å². The smallest absolute Gasteiger partial charge is 0.00136 e. The van der Waals surface area contributed by atoms with Gasteiger partial charge in [0.1, 0.15) is 0 Å². The molecule has 0 heterocycles. The number of hydrogen-bond donors (Lipinski definition) is 1. The van der Waals surface area contributed by atoms with Crippen LogP contribution in [0.5, 0.6) is 0 Å². The molecule has 0 spiro atoms. The summed E-state index contributed by atoms with van der Waals surface area (Å²) in [6.07, 6.45) is 2.12. The number of hydrogen-bond acceptors (Lipinski definition) is 1. The van der Waals surface area contributed by atoms with Gasteiger partial charge in [0.05, 0.1) is 0 Å². The lowest BCUT2D eigenvalue weighted by Crippen LogP contribution is -2.15. The zero-order chi connectivity index (χ0) is 8.10. The molecule has 0 saturated heterocycles. The molecule has 1 radical (unpaired) electrons. The van der Waals surface area contributed by atoms with Crippen molar-refractivity contribution in [3.8, 4) is 0 Å². The molecule has 2 N–H and O–H groups in total. The van der Waals surface area contributed by atoms with Crippen molar-refractivity contribution in [1.82, 2.24) is 0 Å². The van der Waals surface area contributed by atoms with E-state index in [1.807, 2.05) is 25.1 Å². The highest BCUT2D eigenvalue weighted by Crippen LogP contribution is 2.02. The summed E-state index contributed by atoms with van der Waals surface area (Å²) < 4.78 is 0. The van der Waals surface area contributed by atoms with E-state index in [9.17, 15) is 0 Å². The molecule has 1 nitrogen and oxygen atoms in total. The highest BCUT2D eigenvalue weighted by Gasteiger charge is 1.94. The van der Waals surface area contributed by atoms with Crippen LogP contribution in [-0.2, 0) is 6.42 Å². The van der Waals surface area contributed by atoms with Crippen LogP contribution in [0.3, 0.4) is 0 Å². The van der Waals surface area contributed by atoms with E-state index in [1.165, 1.54) is 5.56 Å². The van der Waals surface area contributed by atoms with Gasteiger partial charge in [0.15, 0.2) is 0 Å². The van der Waals surface area contributed by atoms with Crippen molar-refractivity contribution in [2.45, 2.75) is 25.8 Å². The normalized spacial score (nSPS) is 12.9. The quantitative estimate of drug-likeness (QED) is 0.694. The lowest BCUT2D eigenvalue weighted by Gasteiger charge is -2.03. The predicted octanol–water partition coefficient (Wildman–Crippen LogP) is 1.77. The molecule has 11 heavy (non-hydrogen) atoms. The SMILES string of the molecule is CC(N)CCc1c[c]ccc1. The van der Waals surface area contributed by atoms with Gasteiger partial charge >= 0.3 is 0 Å². The third kappa shape index (κ3) is 3.19. The number of nitrogens with two attached hydrogens (primary N) is 1. The minimum atomic E-state index is 0.301. The summed E-state index contributed by atoms with van der Waals surface area (Å²) in [7, 11) is 0. The standard InChI is InChI=1S/C10H14N/c1-9(11)7-8-10-5-3-2-4-6-10/h2-3,5-6,9H,7-8,11H2,1H3. The van der Waals surface area contributed by atoms with E-state index >= 15 is 0 Å². The van der Waals surface area contributed by atoms with Crippen LogP contribution < -0.4 is 5.73 Å². The van der Waals surface area contributed by atoms with Gasteiger partial charge in [-0.3, -0.25) is 0 Å². The molecule has 0 aliphatic rings. The maximum Gasteiger partial charge on any atom is 0.00136 e. The Kier molecular flexibility index (Phi) is 3.12. The Morgan fingerprint density at radius 2 is 2.45 bits per heavy atom. The van der Waals surface area contributed by atoms with Crippen molar-refractivity contribution in [1.29, 1.82) is 0 Å². The van der Waals surface area contributed by atoms with E-state index in [4.69, 9.17) is 5.73 Å². The molecular weight excluding hydrogens is 134 g/mol. The van der Waals surface area contributed by atoms with Gasteiger partial charge in [-0.1, -0.05) is 24.3 Å². The number of rotatable bonds is 3. The maximum atomic E-state index is 5.63. The van der Waals surface area contributed by atoms with Crippen molar-refractivity contribution >= 4 is 0 Å². The van der Waals surface area contributed by atoms with Gasteiger partial charge in [-0.05, 0) is 31.4 Å². The summed E-state index contributed by atoms with van der Waals surface area (Å²) in [4.78, 5) is 0. The average molecular weight is 148 g/mol. The minimum absolute atomic E-state index is 0.301. The van der Waals surface area contributed by atoms with Crippen LogP contribution in [0, 0.1) is 6.07 Å². The third-order valence-corrected chi connectivity index (χ3v) is 1.66. The molecule has 1 rings (SSSR count). The lowest BCUT2D eigenvalue weighted by atomic mass is 10.1. The van der Waals surface area contributed by atoms with E-state index in [1.54, 1.807) is 0 Å². The van der Waals surface area contributed by atoms with Crippen molar-refractivity contribution in [3.05, 3.63) is 35.9 Å². The molecule has 0 amide bonds. The van der Waals surface area contributed by atoms with Crippen molar-refractivity contribution < 1.29 is 0 Å². The zero-order valence-electron chi connectivity index (χ0n) is 6.88.